The summed E-state index contributed by atoms with van der Waals surface area (Å²) < 4.78 is 5.58. The first-order chi connectivity index (χ1) is 13.1. The van der Waals surface area contributed by atoms with Crippen LogP contribution in [-0.2, 0) is 6.42 Å². The van der Waals surface area contributed by atoms with E-state index in [2.05, 4.69) is 54.5 Å². The predicted molar refractivity (Wildman–Crippen MR) is 113 cm³/mol. The summed E-state index contributed by atoms with van der Waals surface area (Å²) in [5, 5.41) is 5.60. The van der Waals surface area contributed by atoms with E-state index >= 15 is 0 Å². The van der Waals surface area contributed by atoms with Gasteiger partial charge in [-0.25, -0.2) is 4.79 Å². The maximum Gasteiger partial charge on any atom is 0.321 e. The molecule has 0 aliphatic rings. The third-order valence-corrected chi connectivity index (χ3v) is 4.52. The van der Waals surface area contributed by atoms with Crippen molar-refractivity contribution in [3.8, 4) is 5.75 Å². The molecular weight excluding hydrogens is 374 g/mol. The van der Waals surface area contributed by atoms with Gasteiger partial charge in [-0.3, -0.25) is 0 Å². The second kappa shape index (κ2) is 12.1. The lowest BCUT2D eigenvalue weighted by molar-refractivity contribution is -0.00000972. The quantitative estimate of drug-likeness (QED) is 0.628. The summed E-state index contributed by atoms with van der Waals surface area (Å²) in [6.45, 7) is 10.5. The molecule has 0 radical (unpaired) electrons. The molecule has 0 atom stereocenters. The largest absolute Gasteiger partial charge is 1.00 e. The summed E-state index contributed by atoms with van der Waals surface area (Å²) in [5.74, 6) is 0.745. The van der Waals surface area contributed by atoms with Crippen LogP contribution in [0, 0.1) is 6.92 Å². The molecule has 154 valence electrons. The number of ether oxygens (including phenoxy) is 1. The summed E-state index contributed by atoms with van der Waals surface area (Å²) in [5.41, 5.74) is 4.28. The lowest BCUT2D eigenvalue weighted by Crippen LogP contribution is -3.00. The molecular formula is C22H31ClN3O2-. The first-order valence-corrected chi connectivity index (χ1v) is 9.69. The summed E-state index contributed by atoms with van der Waals surface area (Å²) in [7, 11) is 0. The number of hydrogen-bond donors (Lipinski definition) is 2. The van der Waals surface area contributed by atoms with Crippen LogP contribution in [0.2, 0.25) is 0 Å². The molecule has 0 saturated heterocycles. The van der Waals surface area contributed by atoms with Crippen LogP contribution < -0.4 is 32.7 Å². The fourth-order valence-corrected chi connectivity index (χ4v) is 2.97. The van der Waals surface area contributed by atoms with Gasteiger partial charge in [0.2, 0.25) is 0 Å². The van der Waals surface area contributed by atoms with Gasteiger partial charge in [0.15, 0.2) is 6.73 Å². The van der Waals surface area contributed by atoms with E-state index in [1.54, 1.807) is 0 Å². The van der Waals surface area contributed by atoms with E-state index in [4.69, 9.17) is 4.74 Å². The van der Waals surface area contributed by atoms with Crippen molar-refractivity contribution >= 4 is 17.4 Å². The molecule has 2 N–H and O–H groups in total. The third-order valence-electron chi connectivity index (χ3n) is 4.52. The standard InChI is InChI=1S/C22H31N3O2.ClH/c1-5-8-18-9-12-20(13-10-18)27-16-23-22(26)24-21-14-11-19(15-17(21)4)25(6-2)7-3;/h9-15H,5-8,16H2,1-4H3,(H2,23,24,26);1H/p-1. The summed E-state index contributed by atoms with van der Waals surface area (Å²) in [4.78, 5) is 14.4. The van der Waals surface area contributed by atoms with Gasteiger partial charge < -0.3 is 32.7 Å². The van der Waals surface area contributed by atoms with Crippen molar-refractivity contribution in [2.75, 3.05) is 30.0 Å². The Bertz CT molecular complexity index is 731. The molecule has 6 heteroatoms. The van der Waals surface area contributed by atoms with E-state index in [0.29, 0.717) is 0 Å². The Morgan fingerprint density at radius 1 is 1.04 bits per heavy atom. The van der Waals surface area contributed by atoms with Gasteiger partial charge in [-0.2, -0.15) is 0 Å². The average molecular weight is 405 g/mol. The molecule has 0 bridgehead atoms. The lowest BCUT2D eigenvalue weighted by atomic mass is 10.1. The first kappa shape index (κ1) is 23.6. The Balaban J connectivity index is 0.00000392. The van der Waals surface area contributed by atoms with Crippen LogP contribution in [0.15, 0.2) is 42.5 Å². The fourth-order valence-electron chi connectivity index (χ4n) is 2.97. The Kier molecular flexibility index (Phi) is 10.2. The van der Waals surface area contributed by atoms with Gasteiger partial charge in [0.05, 0.1) is 0 Å². The normalized spacial score (nSPS) is 10.0. The average Bonchev–Trinajstić information content (AvgIpc) is 2.66. The maximum absolute atomic E-state index is 12.1. The zero-order valence-electron chi connectivity index (χ0n) is 17.2. The predicted octanol–water partition coefficient (Wildman–Crippen LogP) is 1.96. The topological polar surface area (TPSA) is 53.6 Å². The smallest absolute Gasteiger partial charge is 0.321 e. The highest BCUT2D eigenvalue weighted by molar-refractivity contribution is 5.90. The number of halogens is 1. The number of aryl methyl sites for hydroxylation is 2. The summed E-state index contributed by atoms with van der Waals surface area (Å²) in [6, 6.07) is 13.8. The van der Waals surface area contributed by atoms with Gasteiger partial charge >= 0.3 is 6.03 Å². The van der Waals surface area contributed by atoms with E-state index in [9.17, 15) is 4.79 Å². The highest BCUT2D eigenvalue weighted by Gasteiger charge is 2.07. The number of hydrogen-bond acceptors (Lipinski definition) is 3. The van der Waals surface area contributed by atoms with Crippen LogP contribution in [0.25, 0.3) is 0 Å². The van der Waals surface area contributed by atoms with Gasteiger partial charge in [0, 0.05) is 24.5 Å². The number of benzene rings is 2. The molecule has 0 aliphatic carbocycles. The number of nitrogens with one attached hydrogen (secondary N) is 2. The molecule has 2 aromatic rings. The monoisotopic (exact) mass is 404 g/mol. The van der Waals surface area contributed by atoms with Crippen LogP contribution in [0.5, 0.6) is 5.75 Å². The molecule has 0 unspecified atom stereocenters. The fraction of sp³-hybridized carbons (Fsp3) is 0.409. The maximum atomic E-state index is 12.1. The molecule has 2 aromatic carbocycles. The van der Waals surface area contributed by atoms with Crippen molar-refractivity contribution in [2.24, 2.45) is 0 Å². The van der Waals surface area contributed by atoms with E-state index in [-0.39, 0.29) is 25.2 Å². The molecule has 0 spiro atoms. The van der Waals surface area contributed by atoms with Crippen LogP contribution in [0.4, 0.5) is 16.2 Å². The number of anilines is 2. The van der Waals surface area contributed by atoms with Crippen molar-refractivity contribution in [1.29, 1.82) is 0 Å². The molecule has 0 fully saturated rings. The van der Waals surface area contributed by atoms with Crippen LogP contribution in [-0.4, -0.2) is 25.9 Å². The summed E-state index contributed by atoms with van der Waals surface area (Å²) in [6.07, 6.45) is 2.19. The Morgan fingerprint density at radius 2 is 1.71 bits per heavy atom. The minimum Gasteiger partial charge on any atom is -1.00 e. The highest BCUT2D eigenvalue weighted by atomic mass is 35.5. The van der Waals surface area contributed by atoms with E-state index in [1.165, 1.54) is 11.3 Å². The summed E-state index contributed by atoms with van der Waals surface area (Å²) >= 11 is 0. The van der Waals surface area contributed by atoms with Gasteiger partial charge in [0.25, 0.3) is 0 Å². The van der Waals surface area contributed by atoms with Crippen LogP contribution >= 0.6 is 0 Å². The minimum atomic E-state index is -0.281. The second-order valence-electron chi connectivity index (χ2n) is 6.49. The Morgan fingerprint density at radius 3 is 2.29 bits per heavy atom. The zero-order valence-corrected chi connectivity index (χ0v) is 18.0. The molecule has 0 saturated carbocycles. The molecule has 2 rings (SSSR count). The van der Waals surface area contributed by atoms with Crippen molar-refractivity contribution in [3.05, 3.63) is 53.6 Å². The van der Waals surface area contributed by atoms with Gasteiger partial charge in [-0.15, -0.1) is 0 Å². The van der Waals surface area contributed by atoms with Crippen molar-refractivity contribution in [2.45, 2.75) is 40.5 Å². The Labute approximate surface area is 174 Å². The number of nitrogens with zero attached hydrogens (tertiary/aromatic N) is 1. The van der Waals surface area contributed by atoms with Gasteiger partial charge in [-0.05, 0) is 68.7 Å². The second-order valence-corrected chi connectivity index (χ2v) is 6.49. The lowest BCUT2D eigenvalue weighted by Gasteiger charge is -2.22. The zero-order chi connectivity index (χ0) is 19.6. The van der Waals surface area contributed by atoms with Crippen molar-refractivity contribution in [1.82, 2.24) is 5.32 Å². The molecule has 2 amide bonds. The van der Waals surface area contributed by atoms with Gasteiger partial charge in [0.1, 0.15) is 5.75 Å². The van der Waals surface area contributed by atoms with Crippen LogP contribution in [0.1, 0.15) is 38.3 Å². The molecule has 0 aliphatic heterocycles. The first-order valence-electron chi connectivity index (χ1n) is 9.69. The number of amides is 2. The van der Waals surface area contributed by atoms with E-state index in [0.717, 1.165) is 42.9 Å². The Hall–Kier alpha value is -2.40. The number of carbonyl (C=O) groups is 1. The SMILES string of the molecule is CCCc1ccc(OCNC(=O)Nc2ccc(N(CC)CC)cc2C)cc1.[Cl-]. The number of carbonyl (C=O) groups excluding carboxylic acids is 1. The minimum absolute atomic E-state index is 0. The third kappa shape index (κ3) is 6.97. The number of urea groups is 1. The highest BCUT2D eigenvalue weighted by Crippen LogP contribution is 2.22. The van der Waals surface area contributed by atoms with E-state index < -0.39 is 0 Å². The van der Waals surface area contributed by atoms with Crippen molar-refractivity contribution < 1.29 is 21.9 Å². The molecule has 0 aromatic heterocycles. The van der Waals surface area contributed by atoms with E-state index in [1.807, 2.05) is 31.2 Å². The van der Waals surface area contributed by atoms with Gasteiger partial charge in [-0.1, -0.05) is 25.5 Å². The van der Waals surface area contributed by atoms with Crippen LogP contribution in [0.3, 0.4) is 0 Å². The van der Waals surface area contributed by atoms with Crippen molar-refractivity contribution in [3.63, 3.8) is 0 Å². The molecule has 5 nitrogen and oxygen atoms in total. The molecule has 28 heavy (non-hydrogen) atoms. The molecule has 0 heterocycles. The number of rotatable bonds is 9.